The van der Waals surface area contributed by atoms with Crippen LogP contribution in [0.25, 0.3) is 0 Å². The lowest BCUT2D eigenvalue weighted by Crippen LogP contribution is -2.04. The van der Waals surface area contributed by atoms with Crippen molar-refractivity contribution in [3.8, 4) is 0 Å². The summed E-state index contributed by atoms with van der Waals surface area (Å²) in [5.74, 6) is 0. The summed E-state index contributed by atoms with van der Waals surface area (Å²) in [7, 11) is 0.638. The highest BCUT2D eigenvalue weighted by atomic mass is 31.2. The SMILES string of the molecule is CN.COP(=O)(OC)OCN. The van der Waals surface area contributed by atoms with Gasteiger partial charge in [-0.2, -0.15) is 0 Å². The van der Waals surface area contributed by atoms with Gasteiger partial charge in [0.1, 0.15) is 6.73 Å². The first-order valence-electron chi connectivity index (χ1n) is 2.82. The van der Waals surface area contributed by atoms with Crippen LogP contribution in [0.3, 0.4) is 0 Å². The molecule has 0 rings (SSSR count). The fraction of sp³-hybridized carbons (Fsp3) is 1.00. The van der Waals surface area contributed by atoms with Crippen LogP contribution >= 0.6 is 7.82 Å². The van der Waals surface area contributed by atoms with Crippen LogP contribution < -0.4 is 11.5 Å². The quantitative estimate of drug-likeness (QED) is 0.469. The van der Waals surface area contributed by atoms with Gasteiger partial charge in [-0.15, -0.1) is 0 Å². The maximum atomic E-state index is 10.8. The molecule has 70 valence electrons. The van der Waals surface area contributed by atoms with Gasteiger partial charge in [-0.25, -0.2) is 4.57 Å². The molecule has 0 aliphatic carbocycles. The Morgan fingerprint density at radius 2 is 1.64 bits per heavy atom. The summed E-state index contributed by atoms with van der Waals surface area (Å²) in [5, 5.41) is 0. The van der Waals surface area contributed by atoms with E-state index in [2.05, 4.69) is 19.3 Å². The van der Waals surface area contributed by atoms with Crippen LogP contribution in [0, 0.1) is 0 Å². The van der Waals surface area contributed by atoms with E-state index in [4.69, 9.17) is 5.73 Å². The van der Waals surface area contributed by atoms with Crippen LogP contribution in [0.15, 0.2) is 0 Å². The monoisotopic (exact) mass is 186 g/mol. The van der Waals surface area contributed by atoms with E-state index in [9.17, 15) is 4.57 Å². The molecule has 0 amide bonds. The number of phosphoric ester groups is 1. The lowest BCUT2D eigenvalue weighted by Gasteiger charge is -2.10. The van der Waals surface area contributed by atoms with E-state index in [1.807, 2.05) is 0 Å². The molecule has 0 spiro atoms. The van der Waals surface area contributed by atoms with Crippen LogP contribution in [0.1, 0.15) is 0 Å². The maximum absolute atomic E-state index is 10.8. The van der Waals surface area contributed by atoms with Gasteiger partial charge in [0.25, 0.3) is 0 Å². The Labute approximate surface area is 66.4 Å². The Balaban J connectivity index is 0. The molecule has 0 saturated heterocycles. The standard InChI is InChI=1S/C3H10NO4P.CH5N/c1-6-9(5,7-2)8-3-4;1-2/h3-4H2,1-2H3;2H2,1H3. The van der Waals surface area contributed by atoms with Crippen molar-refractivity contribution in [3.63, 3.8) is 0 Å². The van der Waals surface area contributed by atoms with E-state index >= 15 is 0 Å². The van der Waals surface area contributed by atoms with E-state index in [1.54, 1.807) is 0 Å². The molecule has 0 radical (unpaired) electrons. The number of hydrogen-bond donors (Lipinski definition) is 2. The van der Waals surface area contributed by atoms with Gasteiger partial charge in [0.2, 0.25) is 0 Å². The lowest BCUT2D eigenvalue weighted by molar-refractivity contribution is 0.155. The topological polar surface area (TPSA) is 96.8 Å². The second kappa shape index (κ2) is 8.13. The Morgan fingerprint density at radius 3 is 1.73 bits per heavy atom. The van der Waals surface area contributed by atoms with Crippen LogP contribution in [0.5, 0.6) is 0 Å². The van der Waals surface area contributed by atoms with Gasteiger partial charge < -0.3 is 11.5 Å². The maximum Gasteiger partial charge on any atom is 0.475 e. The average Bonchev–Trinajstić information content (AvgIpc) is 2.08. The van der Waals surface area contributed by atoms with Gasteiger partial charge in [0, 0.05) is 14.2 Å². The van der Waals surface area contributed by atoms with Gasteiger partial charge >= 0.3 is 7.82 Å². The largest absolute Gasteiger partial charge is 0.475 e. The second-order valence-electron chi connectivity index (χ2n) is 1.11. The van der Waals surface area contributed by atoms with Crippen molar-refractivity contribution in [1.82, 2.24) is 0 Å². The molecule has 11 heavy (non-hydrogen) atoms. The zero-order chi connectivity index (χ0) is 9.33. The minimum absolute atomic E-state index is 0.182. The molecule has 0 saturated carbocycles. The van der Waals surface area contributed by atoms with Gasteiger partial charge in [-0.1, -0.05) is 0 Å². The van der Waals surface area contributed by atoms with E-state index < -0.39 is 7.82 Å². The molecule has 0 unspecified atom stereocenters. The van der Waals surface area contributed by atoms with Crippen LogP contribution in [-0.4, -0.2) is 28.0 Å². The lowest BCUT2D eigenvalue weighted by atomic mass is 11.4. The molecule has 0 aliphatic rings. The van der Waals surface area contributed by atoms with E-state index in [1.165, 1.54) is 21.3 Å². The van der Waals surface area contributed by atoms with Gasteiger partial charge in [0.15, 0.2) is 0 Å². The Bertz CT molecular complexity index is 113. The predicted molar refractivity (Wildman–Crippen MR) is 41.9 cm³/mol. The summed E-state index contributed by atoms with van der Waals surface area (Å²) in [6.45, 7) is -0.182. The highest BCUT2D eigenvalue weighted by Crippen LogP contribution is 2.46. The zero-order valence-electron chi connectivity index (χ0n) is 6.94. The molecule has 6 nitrogen and oxygen atoms in total. The Morgan fingerprint density at radius 1 is 1.27 bits per heavy atom. The van der Waals surface area contributed by atoms with Crippen molar-refractivity contribution >= 4 is 7.82 Å². The Hall–Kier alpha value is 0.0300. The van der Waals surface area contributed by atoms with Crippen LogP contribution in [-0.2, 0) is 18.1 Å². The first-order chi connectivity index (χ1) is 5.18. The fourth-order valence-corrected chi connectivity index (χ4v) is 0.814. The molecule has 0 aromatic carbocycles. The van der Waals surface area contributed by atoms with Gasteiger partial charge in [-0.05, 0) is 7.05 Å². The van der Waals surface area contributed by atoms with E-state index in [0.29, 0.717) is 0 Å². The summed E-state index contributed by atoms with van der Waals surface area (Å²) in [6, 6.07) is 0. The minimum atomic E-state index is -3.31. The number of rotatable bonds is 4. The summed E-state index contributed by atoms with van der Waals surface area (Å²) >= 11 is 0. The number of hydrogen-bond acceptors (Lipinski definition) is 6. The molecular weight excluding hydrogens is 171 g/mol. The summed E-state index contributed by atoms with van der Waals surface area (Å²) in [5.41, 5.74) is 9.41. The zero-order valence-corrected chi connectivity index (χ0v) is 7.84. The fourth-order valence-electron chi connectivity index (χ4n) is 0.271. The smallest absolute Gasteiger partial charge is 0.333 e. The average molecular weight is 186 g/mol. The Kier molecular flexibility index (Phi) is 10.1. The van der Waals surface area contributed by atoms with Crippen molar-refractivity contribution in [2.45, 2.75) is 0 Å². The third-order valence-electron chi connectivity index (χ3n) is 0.680. The molecule has 0 fully saturated rings. The van der Waals surface area contributed by atoms with E-state index in [0.717, 1.165) is 0 Å². The van der Waals surface area contributed by atoms with Gasteiger partial charge in [0.05, 0.1) is 0 Å². The third kappa shape index (κ3) is 6.43. The normalized spacial score (nSPS) is 10.3. The summed E-state index contributed by atoms with van der Waals surface area (Å²) in [6.07, 6.45) is 0. The van der Waals surface area contributed by atoms with Crippen molar-refractivity contribution in [2.75, 3.05) is 28.0 Å². The molecular formula is C4H15N2O4P. The number of phosphoric acid groups is 1. The summed E-state index contributed by atoms with van der Waals surface area (Å²) < 4.78 is 23.9. The number of nitrogens with two attached hydrogens (primary N) is 2. The molecule has 0 bridgehead atoms. The second-order valence-corrected chi connectivity index (χ2v) is 2.99. The molecule has 7 heteroatoms. The van der Waals surface area contributed by atoms with Gasteiger partial charge in [-0.3, -0.25) is 13.6 Å². The predicted octanol–water partition coefficient (Wildman–Crippen LogP) is -0.105. The van der Waals surface area contributed by atoms with Crippen LogP contribution in [0.2, 0.25) is 0 Å². The highest BCUT2D eigenvalue weighted by molar-refractivity contribution is 7.48. The first-order valence-corrected chi connectivity index (χ1v) is 4.28. The van der Waals surface area contributed by atoms with Crippen LogP contribution in [0.4, 0.5) is 0 Å². The minimum Gasteiger partial charge on any atom is -0.333 e. The van der Waals surface area contributed by atoms with Crippen molar-refractivity contribution < 1.29 is 18.1 Å². The van der Waals surface area contributed by atoms with Crippen molar-refractivity contribution in [2.24, 2.45) is 11.5 Å². The summed E-state index contributed by atoms with van der Waals surface area (Å²) in [4.78, 5) is 0. The van der Waals surface area contributed by atoms with Crippen molar-refractivity contribution in [3.05, 3.63) is 0 Å². The highest BCUT2D eigenvalue weighted by Gasteiger charge is 2.20. The molecule has 4 N–H and O–H groups in total. The molecule has 0 heterocycles. The molecule has 0 aromatic heterocycles. The third-order valence-corrected chi connectivity index (χ3v) is 2.04. The first kappa shape index (κ1) is 13.6. The molecule has 0 atom stereocenters. The molecule has 0 aliphatic heterocycles. The molecule has 0 aromatic rings. The van der Waals surface area contributed by atoms with Crippen molar-refractivity contribution in [1.29, 1.82) is 0 Å². The van der Waals surface area contributed by atoms with E-state index in [-0.39, 0.29) is 6.73 Å².